The molecule has 90 valence electrons. The zero-order chi connectivity index (χ0) is 12.3. The number of carbonyl (C=O) groups is 1. The van der Waals surface area contributed by atoms with Gasteiger partial charge in [0.1, 0.15) is 10.7 Å². The molecule has 0 saturated carbocycles. The molecular weight excluding hydrogens is 254 g/mol. The van der Waals surface area contributed by atoms with Crippen molar-refractivity contribution >= 4 is 28.6 Å². The Bertz CT molecular complexity index is 493. The number of thiophene rings is 1. The Balaban J connectivity index is 2.01. The maximum atomic E-state index is 11.9. The number of rotatable bonds is 4. The molecule has 0 saturated heterocycles. The van der Waals surface area contributed by atoms with Crippen LogP contribution in [-0.4, -0.2) is 10.9 Å². The summed E-state index contributed by atoms with van der Waals surface area (Å²) in [4.78, 5) is 16.0. The number of thiazole rings is 1. The normalized spacial score (nSPS) is 12.4. The molecule has 0 aliphatic rings. The molecule has 17 heavy (non-hydrogen) atoms. The molecule has 2 rings (SSSR count). The van der Waals surface area contributed by atoms with E-state index in [2.05, 4.69) is 10.3 Å². The van der Waals surface area contributed by atoms with Crippen LogP contribution in [0.1, 0.15) is 34.0 Å². The number of nitrogens with two attached hydrogens (primary N) is 1. The molecule has 1 atom stereocenters. The Morgan fingerprint density at radius 2 is 2.41 bits per heavy atom. The topological polar surface area (TPSA) is 68.0 Å². The lowest BCUT2D eigenvalue weighted by atomic mass is 10.2. The molecule has 1 unspecified atom stereocenters. The van der Waals surface area contributed by atoms with E-state index in [1.807, 2.05) is 23.8 Å². The Hall–Kier alpha value is -1.24. The van der Waals surface area contributed by atoms with E-state index < -0.39 is 0 Å². The molecular formula is C11H13N3OS2. The van der Waals surface area contributed by atoms with Crippen LogP contribution in [0.3, 0.4) is 0 Å². The number of aromatic nitrogens is 1. The molecule has 2 aromatic heterocycles. The summed E-state index contributed by atoms with van der Waals surface area (Å²) in [7, 11) is 0. The Morgan fingerprint density at radius 3 is 3.00 bits per heavy atom. The van der Waals surface area contributed by atoms with Gasteiger partial charge in [-0.2, -0.15) is 11.3 Å². The summed E-state index contributed by atoms with van der Waals surface area (Å²) in [6.45, 7) is 2.33. The third kappa shape index (κ3) is 2.91. The minimum absolute atomic E-state index is 0.00298. The average Bonchev–Trinajstić information content (AvgIpc) is 3.00. The van der Waals surface area contributed by atoms with Crippen molar-refractivity contribution in [1.29, 1.82) is 0 Å². The zero-order valence-electron chi connectivity index (χ0n) is 9.34. The molecule has 0 aliphatic heterocycles. The summed E-state index contributed by atoms with van der Waals surface area (Å²) in [6, 6.07) is 2.00. The van der Waals surface area contributed by atoms with Crippen molar-refractivity contribution in [3.8, 4) is 0 Å². The van der Waals surface area contributed by atoms with Gasteiger partial charge in [0.25, 0.3) is 5.91 Å². The fourth-order valence-electron chi connectivity index (χ4n) is 1.38. The second-order valence-corrected chi connectivity index (χ2v) is 5.31. The van der Waals surface area contributed by atoms with Gasteiger partial charge in [-0.25, -0.2) is 4.98 Å². The fourth-order valence-corrected chi connectivity index (χ4v) is 2.79. The maximum Gasteiger partial charge on any atom is 0.271 e. The molecule has 6 heteroatoms. The first kappa shape index (κ1) is 12.2. The van der Waals surface area contributed by atoms with Gasteiger partial charge in [0, 0.05) is 11.9 Å². The summed E-state index contributed by atoms with van der Waals surface area (Å²) in [5.41, 5.74) is 7.01. The van der Waals surface area contributed by atoms with Crippen LogP contribution in [0.4, 0.5) is 0 Å². The predicted molar refractivity (Wildman–Crippen MR) is 70.2 cm³/mol. The lowest BCUT2D eigenvalue weighted by Gasteiger charge is -2.10. The van der Waals surface area contributed by atoms with Crippen molar-refractivity contribution in [2.75, 3.05) is 0 Å². The first-order chi connectivity index (χ1) is 8.20. The predicted octanol–water partition coefficient (Wildman–Crippen LogP) is 2.15. The first-order valence-corrected chi connectivity index (χ1v) is 7.00. The smallest absolute Gasteiger partial charge is 0.271 e. The lowest BCUT2D eigenvalue weighted by Crippen LogP contribution is -2.26. The number of nitrogens with zero attached hydrogens (tertiary/aromatic N) is 1. The van der Waals surface area contributed by atoms with Crippen LogP contribution in [0.5, 0.6) is 0 Å². The molecule has 0 spiro atoms. The molecule has 0 radical (unpaired) electrons. The third-order valence-electron chi connectivity index (χ3n) is 2.35. The van der Waals surface area contributed by atoms with Gasteiger partial charge < -0.3 is 11.1 Å². The number of hydrogen-bond acceptors (Lipinski definition) is 5. The van der Waals surface area contributed by atoms with Gasteiger partial charge in [0.15, 0.2) is 0 Å². The van der Waals surface area contributed by atoms with Crippen LogP contribution in [0.25, 0.3) is 0 Å². The molecule has 2 aromatic rings. The van der Waals surface area contributed by atoms with Gasteiger partial charge in [-0.1, -0.05) is 0 Å². The van der Waals surface area contributed by atoms with Crippen LogP contribution in [0, 0.1) is 0 Å². The second-order valence-electron chi connectivity index (χ2n) is 3.58. The molecule has 0 fully saturated rings. The van der Waals surface area contributed by atoms with Gasteiger partial charge >= 0.3 is 0 Å². The third-order valence-corrected chi connectivity index (χ3v) is 3.92. The van der Waals surface area contributed by atoms with Gasteiger partial charge in [0.05, 0.1) is 6.04 Å². The zero-order valence-corrected chi connectivity index (χ0v) is 11.0. The Kier molecular flexibility index (Phi) is 3.88. The van der Waals surface area contributed by atoms with E-state index in [1.54, 1.807) is 16.7 Å². The number of amides is 1. The van der Waals surface area contributed by atoms with Crippen LogP contribution >= 0.6 is 22.7 Å². The van der Waals surface area contributed by atoms with Gasteiger partial charge in [-0.05, 0) is 29.3 Å². The molecule has 1 amide bonds. The van der Waals surface area contributed by atoms with Crippen LogP contribution in [0.15, 0.2) is 22.2 Å². The van der Waals surface area contributed by atoms with Gasteiger partial charge in [-0.15, -0.1) is 11.3 Å². The van der Waals surface area contributed by atoms with E-state index in [1.165, 1.54) is 11.3 Å². The van der Waals surface area contributed by atoms with Gasteiger partial charge in [-0.3, -0.25) is 4.79 Å². The number of hydrogen-bond donors (Lipinski definition) is 2. The van der Waals surface area contributed by atoms with E-state index in [9.17, 15) is 4.79 Å². The molecule has 2 heterocycles. The summed E-state index contributed by atoms with van der Waals surface area (Å²) >= 11 is 3.02. The minimum atomic E-state index is -0.153. The van der Waals surface area contributed by atoms with Crippen molar-refractivity contribution in [3.63, 3.8) is 0 Å². The lowest BCUT2D eigenvalue weighted by molar-refractivity contribution is 0.0935. The fraction of sp³-hybridized carbons (Fsp3) is 0.273. The SMILES string of the molecule is CC(NC(=O)c1csc(CN)n1)c1ccsc1. The van der Waals surface area contributed by atoms with Crippen molar-refractivity contribution in [1.82, 2.24) is 10.3 Å². The second kappa shape index (κ2) is 5.39. The summed E-state index contributed by atoms with van der Waals surface area (Å²) in [5.74, 6) is -0.153. The first-order valence-electron chi connectivity index (χ1n) is 5.18. The Labute approximate surface area is 107 Å². The molecule has 0 bridgehead atoms. The van der Waals surface area contributed by atoms with E-state index in [0.717, 1.165) is 10.6 Å². The highest BCUT2D eigenvalue weighted by atomic mass is 32.1. The molecule has 3 N–H and O–H groups in total. The van der Waals surface area contributed by atoms with Gasteiger partial charge in [0.2, 0.25) is 0 Å². The van der Waals surface area contributed by atoms with Crippen molar-refractivity contribution in [2.24, 2.45) is 5.73 Å². The van der Waals surface area contributed by atoms with E-state index in [0.29, 0.717) is 12.2 Å². The molecule has 0 aliphatic carbocycles. The maximum absolute atomic E-state index is 11.9. The van der Waals surface area contributed by atoms with E-state index in [-0.39, 0.29) is 11.9 Å². The van der Waals surface area contributed by atoms with Crippen molar-refractivity contribution in [3.05, 3.63) is 38.5 Å². The summed E-state index contributed by atoms with van der Waals surface area (Å²) in [5, 5.41) is 9.44. The molecule has 0 aromatic carbocycles. The monoisotopic (exact) mass is 267 g/mol. The Morgan fingerprint density at radius 1 is 1.59 bits per heavy atom. The number of nitrogens with one attached hydrogen (secondary N) is 1. The number of carbonyl (C=O) groups excluding carboxylic acids is 1. The summed E-state index contributed by atoms with van der Waals surface area (Å²) < 4.78 is 0. The van der Waals surface area contributed by atoms with Crippen LogP contribution in [0.2, 0.25) is 0 Å². The van der Waals surface area contributed by atoms with E-state index in [4.69, 9.17) is 5.73 Å². The average molecular weight is 267 g/mol. The highest BCUT2D eigenvalue weighted by Gasteiger charge is 2.14. The largest absolute Gasteiger partial charge is 0.344 e. The van der Waals surface area contributed by atoms with E-state index >= 15 is 0 Å². The highest BCUT2D eigenvalue weighted by molar-refractivity contribution is 7.09. The summed E-state index contributed by atoms with van der Waals surface area (Å²) in [6.07, 6.45) is 0. The standard InChI is InChI=1S/C11H13N3OS2/c1-7(8-2-3-16-5-8)13-11(15)9-6-17-10(4-12)14-9/h2-3,5-7H,4,12H2,1H3,(H,13,15). The highest BCUT2D eigenvalue weighted by Crippen LogP contribution is 2.16. The quantitative estimate of drug-likeness (QED) is 0.892. The molecule has 4 nitrogen and oxygen atoms in total. The van der Waals surface area contributed by atoms with Crippen molar-refractivity contribution in [2.45, 2.75) is 19.5 Å². The van der Waals surface area contributed by atoms with Crippen molar-refractivity contribution < 1.29 is 4.79 Å². The van der Waals surface area contributed by atoms with Crippen LogP contribution in [-0.2, 0) is 6.54 Å². The van der Waals surface area contributed by atoms with Crippen LogP contribution < -0.4 is 11.1 Å². The minimum Gasteiger partial charge on any atom is -0.344 e.